The lowest BCUT2D eigenvalue weighted by Gasteiger charge is -2.28. The fourth-order valence-electron chi connectivity index (χ4n) is 3.19. The zero-order valence-corrected chi connectivity index (χ0v) is 20.7. The summed E-state index contributed by atoms with van der Waals surface area (Å²) in [5.41, 5.74) is 11.1. The minimum atomic E-state index is -1.47. The average Bonchev–Trinajstić information content (AvgIpc) is 2.75. The van der Waals surface area contributed by atoms with Gasteiger partial charge in [0.05, 0.1) is 6.04 Å². The highest BCUT2D eigenvalue weighted by atomic mass is 16.4. The zero-order valence-electron chi connectivity index (χ0n) is 20.7. The number of carbonyl (C=O) groups excluding carboxylic acids is 4. The molecule has 9 N–H and O–H groups in total. The van der Waals surface area contributed by atoms with Crippen molar-refractivity contribution in [1.29, 1.82) is 0 Å². The first-order valence-corrected chi connectivity index (χ1v) is 11.6. The van der Waals surface area contributed by atoms with Crippen molar-refractivity contribution in [3.05, 3.63) is 0 Å². The predicted molar refractivity (Wildman–Crippen MR) is 126 cm³/mol. The van der Waals surface area contributed by atoms with Crippen LogP contribution in [-0.4, -0.2) is 69.9 Å². The molecule has 0 fully saturated rings. The van der Waals surface area contributed by atoms with Gasteiger partial charge in [-0.1, -0.05) is 34.1 Å². The zero-order chi connectivity index (χ0) is 27.3. The maximum Gasteiger partial charge on any atom is 0.326 e. The monoisotopic (exact) mass is 501 g/mol. The van der Waals surface area contributed by atoms with Gasteiger partial charge < -0.3 is 37.6 Å². The van der Waals surface area contributed by atoms with Crippen LogP contribution in [0.2, 0.25) is 0 Å². The lowest BCUT2D eigenvalue weighted by molar-refractivity contribution is -0.143. The summed E-state index contributed by atoms with van der Waals surface area (Å²) in [7, 11) is 0. The minimum absolute atomic E-state index is 0.121. The molecule has 0 aromatic carbocycles. The van der Waals surface area contributed by atoms with Gasteiger partial charge in [0.2, 0.25) is 23.6 Å². The smallest absolute Gasteiger partial charge is 0.326 e. The first-order chi connectivity index (χ1) is 16.2. The molecule has 0 aromatic rings. The van der Waals surface area contributed by atoms with Gasteiger partial charge in [0.25, 0.3) is 0 Å². The number of primary amides is 1. The molecule has 0 rings (SSSR count). The van der Waals surface area contributed by atoms with Crippen LogP contribution >= 0.6 is 0 Å². The van der Waals surface area contributed by atoms with E-state index in [-0.39, 0.29) is 25.2 Å². The molecule has 0 aliphatic carbocycles. The maximum absolute atomic E-state index is 13.0. The first kappa shape index (κ1) is 31.8. The van der Waals surface area contributed by atoms with Crippen LogP contribution in [0, 0.1) is 11.8 Å². The molecule has 0 heterocycles. The van der Waals surface area contributed by atoms with Crippen LogP contribution in [0.1, 0.15) is 66.2 Å². The Kier molecular flexibility index (Phi) is 14.2. The lowest BCUT2D eigenvalue weighted by atomic mass is 9.96. The van der Waals surface area contributed by atoms with E-state index in [0.29, 0.717) is 12.8 Å². The largest absolute Gasteiger partial charge is 0.481 e. The predicted octanol–water partition coefficient (Wildman–Crippen LogP) is -0.925. The molecule has 13 nitrogen and oxygen atoms in total. The van der Waals surface area contributed by atoms with Gasteiger partial charge in [0, 0.05) is 12.8 Å². The number of hydrogen-bond donors (Lipinski definition) is 7. The van der Waals surface area contributed by atoms with Gasteiger partial charge in [-0.05, 0) is 31.1 Å². The van der Waals surface area contributed by atoms with Gasteiger partial charge in [0.15, 0.2) is 0 Å². The average molecular weight is 502 g/mol. The molecule has 0 bridgehead atoms. The van der Waals surface area contributed by atoms with Crippen molar-refractivity contribution in [3.8, 4) is 0 Å². The van der Waals surface area contributed by atoms with Crippen LogP contribution < -0.4 is 27.4 Å². The Morgan fingerprint density at radius 2 is 1.34 bits per heavy atom. The Balaban J connectivity index is 5.62. The molecule has 0 saturated carbocycles. The number of carbonyl (C=O) groups is 6. The van der Waals surface area contributed by atoms with E-state index in [4.69, 9.17) is 16.6 Å². The van der Waals surface area contributed by atoms with Crippen molar-refractivity contribution >= 4 is 35.6 Å². The molecule has 0 spiro atoms. The molecule has 0 radical (unpaired) electrons. The summed E-state index contributed by atoms with van der Waals surface area (Å²) in [6, 6.07) is -4.76. The van der Waals surface area contributed by atoms with Crippen molar-refractivity contribution in [2.24, 2.45) is 23.3 Å². The molecule has 0 aliphatic heterocycles. The normalized spacial score (nSPS) is 15.3. The third-order valence-corrected chi connectivity index (χ3v) is 5.43. The Hall–Kier alpha value is -3.22. The van der Waals surface area contributed by atoms with E-state index < -0.39 is 72.1 Å². The second-order valence-electron chi connectivity index (χ2n) is 9.01. The van der Waals surface area contributed by atoms with Crippen molar-refractivity contribution in [3.63, 3.8) is 0 Å². The van der Waals surface area contributed by atoms with Gasteiger partial charge in [-0.25, -0.2) is 4.79 Å². The molecular weight excluding hydrogens is 462 g/mol. The molecule has 13 heteroatoms. The minimum Gasteiger partial charge on any atom is -0.481 e. The molecule has 5 atom stereocenters. The number of aliphatic carboxylic acids is 2. The Bertz CT molecular complexity index is 773. The van der Waals surface area contributed by atoms with Gasteiger partial charge in [0.1, 0.15) is 18.1 Å². The highest BCUT2D eigenvalue weighted by molar-refractivity contribution is 5.94. The molecule has 4 amide bonds. The number of hydrogen-bond acceptors (Lipinski definition) is 7. The second kappa shape index (κ2) is 15.6. The van der Waals surface area contributed by atoms with Crippen LogP contribution in [0.3, 0.4) is 0 Å². The quantitative estimate of drug-likeness (QED) is 0.130. The summed E-state index contributed by atoms with van der Waals surface area (Å²) in [5, 5.41) is 25.4. The van der Waals surface area contributed by atoms with Crippen molar-refractivity contribution in [2.75, 3.05) is 0 Å². The molecule has 5 unspecified atom stereocenters. The van der Waals surface area contributed by atoms with Crippen molar-refractivity contribution < 1.29 is 39.0 Å². The highest BCUT2D eigenvalue weighted by Gasteiger charge is 2.33. The lowest BCUT2D eigenvalue weighted by Crippen LogP contribution is -2.58. The van der Waals surface area contributed by atoms with Gasteiger partial charge in [-0.2, -0.15) is 0 Å². The summed E-state index contributed by atoms with van der Waals surface area (Å²) < 4.78 is 0. The van der Waals surface area contributed by atoms with Crippen molar-refractivity contribution in [2.45, 2.75) is 90.4 Å². The van der Waals surface area contributed by atoms with Crippen LogP contribution in [0.5, 0.6) is 0 Å². The van der Waals surface area contributed by atoms with Crippen molar-refractivity contribution in [1.82, 2.24) is 16.0 Å². The van der Waals surface area contributed by atoms with E-state index in [0.717, 1.165) is 0 Å². The molecule has 0 saturated heterocycles. The third-order valence-electron chi connectivity index (χ3n) is 5.43. The highest BCUT2D eigenvalue weighted by Crippen LogP contribution is 2.11. The fourth-order valence-corrected chi connectivity index (χ4v) is 3.19. The number of carboxylic acid groups (broad SMARTS) is 2. The van der Waals surface area contributed by atoms with E-state index in [1.165, 1.54) is 0 Å². The molecule has 0 aliphatic rings. The Labute approximate surface area is 204 Å². The number of nitrogens with one attached hydrogen (secondary N) is 3. The van der Waals surface area contributed by atoms with E-state index in [2.05, 4.69) is 16.0 Å². The van der Waals surface area contributed by atoms with Gasteiger partial charge in [-0.3, -0.25) is 24.0 Å². The summed E-state index contributed by atoms with van der Waals surface area (Å²) in [5.74, 6) is -5.84. The van der Waals surface area contributed by atoms with Crippen LogP contribution in [0.25, 0.3) is 0 Å². The Morgan fingerprint density at radius 3 is 1.80 bits per heavy atom. The molecule has 200 valence electrons. The summed E-state index contributed by atoms with van der Waals surface area (Å²) >= 11 is 0. The SMILES string of the molecule is CCC(C)C(NC(=O)C(CCC(N)=O)NC(=O)C(N)CC(C)C)C(=O)NC(CCC(=O)O)C(=O)O. The van der Waals surface area contributed by atoms with Gasteiger partial charge in [-0.15, -0.1) is 0 Å². The Morgan fingerprint density at radius 1 is 0.800 bits per heavy atom. The van der Waals surface area contributed by atoms with Crippen LogP contribution in [0.15, 0.2) is 0 Å². The first-order valence-electron chi connectivity index (χ1n) is 11.6. The van der Waals surface area contributed by atoms with E-state index in [1.807, 2.05) is 13.8 Å². The fraction of sp³-hybridized carbons (Fsp3) is 0.727. The summed E-state index contributed by atoms with van der Waals surface area (Å²) in [4.78, 5) is 71.8. The van der Waals surface area contributed by atoms with E-state index in [1.54, 1.807) is 13.8 Å². The number of rotatable bonds is 17. The second-order valence-corrected chi connectivity index (χ2v) is 9.01. The third kappa shape index (κ3) is 12.7. The maximum atomic E-state index is 13.0. The summed E-state index contributed by atoms with van der Waals surface area (Å²) in [6.45, 7) is 7.17. The standard InChI is InChI=1S/C22H39N5O8/c1-5-12(4)18(21(33)26-15(22(34)35)7-9-17(29)30)27-20(32)14(6-8-16(24)28)25-19(31)13(23)10-11(2)3/h11-15,18H,5-10,23H2,1-4H3,(H2,24,28)(H,25,31)(H,26,33)(H,27,32)(H,29,30)(H,34,35). The number of carboxylic acids is 2. The molecular formula is C22H39N5O8. The summed E-state index contributed by atoms with van der Waals surface area (Å²) in [6.07, 6.45) is -0.373. The van der Waals surface area contributed by atoms with Gasteiger partial charge >= 0.3 is 11.9 Å². The van der Waals surface area contributed by atoms with Crippen LogP contribution in [-0.2, 0) is 28.8 Å². The van der Waals surface area contributed by atoms with Crippen LogP contribution in [0.4, 0.5) is 0 Å². The number of amides is 4. The molecule has 0 aromatic heterocycles. The molecule has 35 heavy (non-hydrogen) atoms. The number of nitrogens with two attached hydrogens (primary N) is 2. The van der Waals surface area contributed by atoms with E-state index >= 15 is 0 Å². The topological polar surface area (TPSA) is 231 Å². The van der Waals surface area contributed by atoms with E-state index in [9.17, 15) is 33.9 Å².